The Labute approximate surface area is 144 Å². The molecule has 120 valence electrons. The highest BCUT2D eigenvalue weighted by Gasteiger charge is 2.18. The molecule has 0 amide bonds. The van der Waals surface area contributed by atoms with Gasteiger partial charge in [0.15, 0.2) is 0 Å². The normalized spacial score (nSPS) is 11.3. The number of hydrogen-bond donors (Lipinski definition) is 0. The van der Waals surface area contributed by atoms with Gasteiger partial charge in [0, 0.05) is 16.5 Å². The van der Waals surface area contributed by atoms with E-state index in [0.29, 0.717) is 5.02 Å². The molecule has 2 heterocycles. The van der Waals surface area contributed by atoms with E-state index >= 15 is 0 Å². The van der Waals surface area contributed by atoms with Crippen LogP contribution in [-0.4, -0.2) is 21.9 Å². The number of fused-ring (bicyclic) bond motifs is 3. The topological polar surface area (TPSA) is 39.9 Å². The monoisotopic (exact) mass is 337 g/mol. The standard InChI is InChI=1S/C19H16ClN3O/c1-11-17-12(2)22-23(15-9-5-4-8-14(15)20)19(17)13-7-6-10-16(24-3)18(13)21-11/h4-10H,1-3H3. The third-order valence-corrected chi connectivity index (χ3v) is 4.58. The van der Waals surface area contributed by atoms with Crippen molar-refractivity contribution in [3.05, 3.63) is 58.9 Å². The number of aryl methyl sites for hydroxylation is 2. The van der Waals surface area contributed by atoms with Gasteiger partial charge in [-0.25, -0.2) is 9.67 Å². The Balaban J connectivity index is 2.23. The first-order chi connectivity index (χ1) is 11.6. The molecule has 2 aromatic heterocycles. The van der Waals surface area contributed by atoms with Gasteiger partial charge in [0.25, 0.3) is 0 Å². The Kier molecular flexibility index (Phi) is 3.43. The van der Waals surface area contributed by atoms with Crippen LogP contribution in [0.1, 0.15) is 11.4 Å². The molecule has 4 rings (SSSR count). The van der Waals surface area contributed by atoms with Crippen molar-refractivity contribution in [1.29, 1.82) is 0 Å². The Morgan fingerprint density at radius 1 is 1.00 bits per heavy atom. The molecular formula is C19H16ClN3O. The van der Waals surface area contributed by atoms with E-state index < -0.39 is 0 Å². The van der Waals surface area contributed by atoms with Crippen molar-refractivity contribution in [3.8, 4) is 11.4 Å². The van der Waals surface area contributed by atoms with Crippen LogP contribution < -0.4 is 4.74 Å². The quantitative estimate of drug-likeness (QED) is 0.525. The van der Waals surface area contributed by atoms with Crippen molar-refractivity contribution in [2.24, 2.45) is 0 Å². The van der Waals surface area contributed by atoms with Crippen molar-refractivity contribution in [3.63, 3.8) is 0 Å². The van der Waals surface area contributed by atoms with Gasteiger partial charge in [0.1, 0.15) is 11.3 Å². The van der Waals surface area contributed by atoms with Crippen LogP contribution in [0.25, 0.3) is 27.5 Å². The molecule has 0 radical (unpaired) electrons. The summed E-state index contributed by atoms with van der Waals surface area (Å²) in [6, 6.07) is 13.6. The predicted octanol–water partition coefficient (Wildman–Crippen LogP) is 4.85. The summed E-state index contributed by atoms with van der Waals surface area (Å²) in [6.45, 7) is 4.00. The molecule has 0 saturated carbocycles. The smallest absolute Gasteiger partial charge is 0.145 e. The van der Waals surface area contributed by atoms with E-state index in [1.165, 1.54) is 0 Å². The molecule has 5 heteroatoms. The fourth-order valence-electron chi connectivity index (χ4n) is 3.22. The van der Waals surface area contributed by atoms with Gasteiger partial charge in [0.05, 0.1) is 29.0 Å². The minimum Gasteiger partial charge on any atom is -0.494 e. The number of pyridine rings is 1. The Hall–Kier alpha value is -2.59. The number of methoxy groups -OCH3 is 1. The molecule has 0 unspecified atom stereocenters. The average molecular weight is 338 g/mol. The van der Waals surface area contributed by atoms with Gasteiger partial charge in [-0.1, -0.05) is 35.9 Å². The predicted molar refractivity (Wildman–Crippen MR) is 97.4 cm³/mol. The first-order valence-electron chi connectivity index (χ1n) is 7.69. The van der Waals surface area contributed by atoms with E-state index in [-0.39, 0.29) is 0 Å². The first-order valence-corrected chi connectivity index (χ1v) is 8.07. The number of rotatable bonds is 2. The minimum atomic E-state index is 0.660. The molecule has 0 saturated heterocycles. The maximum Gasteiger partial charge on any atom is 0.145 e. The summed E-state index contributed by atoms with van der Waals surface area (Å²) in [4.78, 5) is 4.75. The molecule has 0 atom stereocenters. The fraction of sp³-hybridized carbons (Fsp3) is 0.158. The van der Waals surface area contributed by atoms with Gasteiger partial charge in [-0.15, -0.1) is 0 Å². The second-order valence-corrected chi connectivity index (χ2v) is 6.13. The zero-order chi connectivity index (χ0) is 16.8. The summed E-state index contributed by atoms with van der Waals surface area (Å²) < 4.78 is 7.40. The molecule has 0 bridgehead atoms. The lowest BCUT2D eigenvalue weighted by Gasteiger charge is -2.10. The zero-order valence-corrected chi connectivity index (χ0v) is 14.4. The highest BCUT2D eigenvalue weighted by molar-refractivity contribution is 6.32. The molecule has 0 aliphatic heterocycles. The second-order valence-electron chi connectivity index (χ2n) is 5.73. The molecule has 0 aliphatic rings. The van der Waals surface area contributed by atoms with Gasteiger partial charge < -0.3 is 4.74 Å². The molecule has 4 nitrogen and oxygen atoms in total. The molecule has 24 heavy (non-hydrogen) atoms. The van der Waals surface area contributed by atoms with Gasteiger partial charge in [-0.3, -0.25) is 0 Å². The van der Waals surface area contributed by atoms with Crippen molar-refractivity contribution in [2.45, 2.75) is 13.8 Å². The molecule has 4 aromatic rings. The van der Waals surface area contributed by atoms with Crippen LogP contribution in [0.5, 0.6) is 5.75 Å². The van der Waals surface area contributed by atoms with Crippen molar-refractivity contribution in [1.82, 2.24) is 14.8 Å². The summed E-state index contributed by atoms with van der Waals surface area (Å²) in [7, 11) is 1.66. The lowest BCUT2D eigenvalue weighted by molar-refractivity contribution is 0.419. The van der Waals surface area contributed by atoms with Gasteiger partial charge in [0.2, 0.25) is 0 Å². The summed E-state index contributed by atoms with van der Waals surface area (Å²) in [6.07, 6.45) is 0. The Morgan fingerprint density at radius 3 is 2.54 bits per heavy atom. The fourth-order valence-corrected chi connectivity index (χ4v) is 3.44. The summed E-state index contributed by atoms with van der Waals surface area (Å²) in [5.74, 6) is 0.752. The van der Waals surface area contributed by atoms with E-state index in [2.05, 4.69) is 0 Å². The molecule has 0 N–H and O–H groups in total. The maximum atomic E-state index is 6.42. The minimum absolute atomic E-state index is 0.660. The molecule has 0 aliphatic carbocycles. The second kappa shape index (κ2) is 5.49. The lowest BCUT2D eigenvalue weighted by atomic mass is 10.1. The van der Waals surface area contributed by atoms with E-state index in [1.54, 1.807) is 7.11 Å². The number of hydrogen-bond acceptors (Lipinski definition) is 3. The van der Waals surface area contributed by atoms with Gasteiger partial charge >= 0.3 is 0 Å². The van der Waals surface area contributed by atoms with Crippen LogP contribution in [0.2, 0.25) is 5.02 Å². The van der Waals surface area contributed by atoms with Crippen LogP contribution in [0, 0.1) is 13.8 Å². The molecule has 2 aromatic carbocycles. The van der Waals surface area contributed by atoms with Crippen molar-refractivity contribution >= 4 is 33.4 Å². The van der Waals surface area contributed by atoms with Gasteiger partial charge in [-0.05, 0) is 32.0 Å². The Morgan fingerprint density at radius 2 is 1.79 bits per heavy atom. The highest BCUT2D eigenvalue weighted by atomic mass is 35.5. The summed E-state index contributed by atoms with van der Waals surface area (Å²) >= 11 is 6.42. The number of nitrogens with zero attached hydrogens (tertiary/aromatic N) is 3. The van der Waals surface area contributed by atoms with E-state index in [9.17, 15) is 0 Å². The highest BCUT2D eigenvalue weighted by Crippen LogP contribution is 2.35. The number of para-hydroxylation sites is 2. The number of ether oxygens (including phenoxy) is 1. The average Bonchev–Trinajstić information content (AvgIpc) is 2.93. The van der Waals surface area contributed by atoms with Crippen LogP contribution in [0.4, 0.5) is 0 Å². The lowest BCUT2D eigenvalue weighted by Crippen LogP contribution is -1.99. The van der Waals surface area contributed by atoms with Crippen LogP contribution in [-0.2, 0) is 0 Å². The SMILES string of the molecule is COc1cccc2c1nc(C)c1c(C)nn(-c3ccccc3Cl)c12. The molecule has 0 fully saturated rings. The van der Waals surface area contributed by atoms with Gasteiger partial charge in [-0.2, -0.15) is 5.10 Å². The summed E-state index contributed by atoms with van der Waals surface area (Å²) in [5.41, 5.74) is 4.55. The van der Waals surface area contributed by atoms with E-state index in [1.807, 2.05) is 61.0 Å². The Bertz CT molecular complexity index is 1090. The summed E-state index contributed by atoms with van der Waals surface area (Å²) in [5, 5.41) is 7.45. The van der Waals surface area contributed by atoms with Crippen LogP contribution >= 0.6 is 11.6 Å². The zero-order valence-electron chi connectivity index (χ0n) is 13.7. The number of benzene rings is 2. The third-order valence-electron chi connectivity index (χ3n) is 4.26. The van der Waals surface area contributed by atoms with E-state index in [0.717, 1.165) is 44.6 Å². The molecular weight excluding hydrogens is 322 g/mol. The van der Waals surface area contributed by atoms with Crippen molar-refractivity contribution in [2.75, 3.05) is 7.11 Å². The number of aromatic nitrogens is 3. The first kappa shape index (κ1) is 15.0. The van der Waals surface area contributed by atoms with E-state index in [4.69, 9.17) is 26.4 Å². The van der Waals surface area contributed by atoms with Crippen LogP contribution in [0.15, 0.2) is 42.5 Å². The number of halogens is 1. The molecule has 0 spiro atoms. The van der Waals surface area contributed by atoms with Crippen molar-refractivity contribution < 1.29 is 4.74 Å². The van der Waals surface area contributed by atoms with Crippen LogP contribution in [0.3, 0.4) is 0 Å². The largest absolute Gasteiger partial charge is 0.494 e. The third kappa shape index (κ3) is 2.07. The maximum absolute atomic E-state index is 6.42.